The SMILES string of the molecule is CC.CCCC1=C2SC(C(C)=N/C=C(\C)CN(CCOC)C(=O)NC3CC3)=CC2NC=C1.Cc1ccc([N+](=O)[O-])cc1F. The van der Waals surface area contributed by atoms with Crippen molar-refractivity contribution in [2.45, 2.75) is 79.3 Å². The first kappa shape index (κ1) is 35.8. The van der Waals surface area contributed by atoms with Crippen LogP contribution in [0.2, 0.25) is 0 Å². The zero-order valence-electron chi connectivity index (χ0n) is 26.4. The molecule has 1 aliphatic carbocycles. The Balaban J connectivity index is 0.000000415. The van der Waals surface area contributed by atoms with Gasteiger partial charge in [-0.3, -0.25) is 15.1 Å². The van der Waals surface area contributed by atoms with Crippen molar-refractivity contribution in [1.82, 2.24) is 15.5 Å². The van der Waals surface area contributed by atoms with Crippen LogP contribution >= 0.6 is 11.8 Å². The van der Waals surface area contributed by atoms with Gasteiger partial charge in [0, 0.05) is 48.3 Å². The quantitative estimate of drug-likeness (QED) is 0.152. The largest absolute Gasteiger partial charge is 0.383 e. The van der Waals surface area contributed by atoms with Crippen molar-refractivity contribution < 1.29 is 18.8 Å². The number of ether oxygens (including phenoxy) is 1. The molecule has 0 saturated heterocycles. The van der Waals surface area contributed by atoms with Gasteiger partial charge in [-0.2, -0.15) is 0 Å². The van der Waals surface area contributed by atoms with E-state index in [9.17, 15) is 19.3 Å². The fourth-order valence-electron chi connectivity index (χ4n) is 4.09. The number of allylic oxidation sites excluding steroid dienone is 3. The fraction of sp³-hybridized carbons (Fsp3) is 0.500. The third-order valence-electron chi connectivity index (χ3n) is 6.62. The van der Waals surface area contributed by atoms with Gasteiger partial charge < -0.3 is 20.3 Å². The number of methoxy groups -OCH3 is 1. The van der Waals surface area contributed by atoms with Crippen LogP contribution in [0.5, 0.6) is 0 Å². The highest BCUT2D eigenvalue weighted by atomic mass is 32.2. The van der Waals surface area contributed by atoms with E-state index in [1.165, 1.54) is 27.5 Å². The summed E-state index contributed by atoms with van der Waals surface area (Å²) in [6, 6.07) is 4.16. The molecule has 2 aliphatic heterocycles. The number of rotatable bonds is 11. The van der Waals surface area contributed by atoms with Crippen molar-refractivity contribution in [3.8, 4) is 0 Å². The highest BCUT2D eigenvalue weighted by Gasteiger charge is 2.27. The summed E-state index contributed by atoms with van der Waals surface area (Å²) < 4.78 is 17.8. The maximum atomic E-state index is 12.6. The van der Waals surface area contributed by atoms with E-state index < -0.39 is 10.7 Å². The van der Waals surface area contributed by atoms with Crippen molar-refractivity contribution in [3.63, 3.8) is 0 Å². The molecule has 1 saturated carbocycles. The van der Waals surface area contributed by atoms with E-state index in [4.69, 9.17) is 9.73 Å². The zero-order chi connectivity index (χ0) is 31.9. The van der Waals surface area contributed by atoms with Crippen molar-refractivity contribution in [3.05, 3.63) is 85.2 Å². The van der Waals surface area contributed by atoms with E-state index in [0.717, 1.165) is 43.0 Å². The normalized spacial score (nSPS) is 17.5. The van der Waals surface area contributed by atoms with Gasteiger partial charge >= 0.3 is 6.03 Å². The smallest absolute Gasteiger partial charge is 0.317 e. The van der Waals surface area contributed by atoms with Crippen molar-refractivity contribution in [2.75, 3.05) is 26.8 Å². The summed E-state index contributed by atoms with van der Waals surface area (Å²) in [5, 5.41) is 16.6. The molecule has 0 spiro atoms. The Morgan fingerprint density at radius 2 is 2.05 bits per heavy atom. The summed E-state index contributed by atoms with van der Waals surface area (Å²) in [7, 11) is 1.66. The molecule has 2 heterocycles. The van der Waals surface area contributed by atoms with Gasteiger partial charge in [-0.15, -0.1) is 0 Å². The number of hydrogen-bond acceptors (Lipinski definition) is 7. The topological polar surface area (TPSA) is 109 Å². The number of halogens is 1. The minimum absolute atomic E-state index is 0.0184. The molecule has 4 rings (SSSR count). The Labute approximate surface area is 259 Å². The molecule has 1 fully saturated rings. The molecule has 1 unspecified atom stereocenters. The molecular formula is C32H46FN5O4S. The number of benzene rings is 1. The average Bonchev–Trinajstić information content (AvgIpc) is 3.70. The van der Waals surface area contributed by atoms with Gasteiger partial charge in [0.2, 0.25) is 0 Å². The summed E-state index contributed by atoms with van der Waals surface area (Å²) in [6.07, 6.45) is 12.8. The second kappa shape index (κ2) is 18.3. The summed E-state index contributed by atoms with van der Waals surface area (Å²) in [4.78, 5) is 31.1. The molecular weight excluding hydrogens is 569 g/mol. The summed E-state index contributed by atoms with van der Waals surface area (Å²) in [5.74, 6) is -0.542. The van der Waals surface area contributed by atoms with Crippen LogP contribution in [0.1, 0.15) is 65.9 Å². The van der Waals surface area contributed by atoms with Crippen LogP contribution in [-0.2, 0) is 4.74 Å². The Kier molecular flexibility index (Phi) is 15.2. The highest BCUT2D eigenvalue weighted by Crippen LogP contribution is 2.41. The Morgan fingerprint density at radius 1 is 1.33 bits per heavy atom. The molecule has 0 bridgehead atoms. The third-order valence-corrected chi connectivity index (χ3v) is 8.00. The van der Waals surface area contributed by atoms with Crippen LogP contribution in [0.3, 0.4) is 0 Å². The number of urea groups is 1. The second-order valence-corrected chi connectivity index (χ2v) is 11.4. The molecule has 0 radical (unpaired) electrons. The maximum Gasteiger partial charge on any atom is 0.317 e. The number of nitro benzene ring substituents is 1. The minimum atomic E-state index is -0.622. The molecule has 1 aromatic rings. The first-order valence-corrected chi connectivity index (χ1v) is 15.6. The average molecular weight is 616 g/mol. The molecule has 1 atom stereocenters. The molecule has 11 heteroatoms. The number of amides is 2. The number of aryl methyl sites for hydroxylation is 1. The van der Waals surface area contributed by atoms with Crippen LogP contribution in [0.25, 0.3) is 0 Å². The standard InChI is InChI=1S/C23H34N4O2S.C7H6FNO2.C2H6/c1-5-6-18-9-10-24-20-13-21(30-22(18)20)17(3)25-14-16(2)15-27(11-12-29-4)23(28)26-19-7-8-19;1-5-2-3-6(9(10)11)4-7(5)8;1-2/h9-10,13-14,19-20,24H,5-8,11-12,15H2,1-4H3,(H,26,28);2-4H,1H3;1-2H3/b16-14+,25-17?;;. The minimum Gasteiger partial charge on any atom is -0.383 e. The second-order valence-electron chi connectivity index (χ2n) is 10.3. The van der Waals surface area contributed by atoms with Crippen molar-refractivity contribution in [1.29, 1.82) is 0 Å². The number of thioether (sulfide) groups is 1. The zero-order valence-corrected chi connectivity index (χ0v) is 27.2. The Hall–Kier alpha value is -3.44. The number of dihydropyridines is 1. The predicted molar refractivity (Wildman–Crippen MR) is 175 cm³/mol. The Bertz CT molecular complexity index is 1270. The number of carbonyl (C=O) groups is 1. The molecule has 9 nitrogen and oxygen atoms in total. The van der Waals surface area contributed by atoms with Gasteiger partial charge in [0.25, 0.3) is 5.69 Å². The third kappa shape index (κ3) is 11.6. The van der Waals surface area contributed by atoms with E-state index in [-0.39, 0.29) is 17.8 Å². The van der Waals surface area contributed by atoms with E-state index in [0.29, 0.717) is 31.3 Å². The number of fused-ring (bicyclic) bond motifs is 1. The van der Waals surface area contributed by atoms with Crippen molar-refractivity contribution >= 4 is 29.2 Å². The monoisotopic (exact) mass is 615 g/mol. The molecule has 3 aliphatic rings. The van der Waals surface area contributed by atoms with E-state index >= 15 is 0 Å². The number of hydrogen-bond donors (Lipinski definition) is 2. The predicted octanol–water partition coefficient (Wildman–Crippen LogP) is 7.41. The number of nitro groups is 1. The van der Waals surface area contributed by atoms with E-state index in [2.05, 4.69) is 42.8 Å². The lowest BCUT2D eigenvalue weighted by Crippen LogP contribution is -2.43. The van der Waals surface area contributed by atoms with Crippen molar-refractivity contribution in [2.24, 2.45) is 4.99 Å². The molecule has 1 aromatic carbocycles. The van der Waals surface area contributed by atoms with Gasteiger partial charge in [-0.05, 0) is 81.2 Å². The van der Waals surface area contributed by atoms with Gasteiger partial charge in [0.15, 0.2) is 0 Å². The number of carbonyl (C=O) groups excluding carboxylic acids is 1. The highest BCUT2D eigenvalue weighted by molar-refractivity contribution is 8.08. The maximum absolute atomic E-state index is 12.6. The Morgan fingerprint density at radius 3 is 2.65 bits per heavy atom. The van der Waals surface area contributed by atoms with E-state index in [1.807, 2.05) is 38.7 Å². The summed E-state index contributed by atoms with van der Waals surface area (Å²) in [6.45, 7) is 13.5. The van der Waals surface area contributed by atoms with Crippen LogP contribution in [0.15, 0.2) is 68.7 Å². The fourth-order valence-corrected chi connectivity index (χ4v) is 5.30. The molecule has 43 heavy (non-hydrogen) atoms. The molecule has 2 amide bonds. The molecule has 236 valence electrons. The van der Waals surface area contributed by atoms with E-state index in [1.54, 1.807) is 18.9 Å². The lowest BCUT2D eigenvalue weighted by Gasteiger charge is -2.23. The first-order chi connectivity index (χ1) is 20.6. The van der Waals surface area contributed by atoms with Gasteiger partial charge in [-0.1, -0.05) is 39.0 Å². The van der Waals surface area contributed by atoms with Gasteiger partial charge in [-0.25, -0.2) is 9.18 Å². The van der Waals surface area contributed by atoms with Crippen LogP contribution in [-0.4, -0.2) is 60.5 Å². The summed E-state index contributed by atoms with van der Waals surface area (Å²) in [5.41, 5.74) is 3.67. The van der Waals surface area contributed by atoms with Gasteiger partial charge in [0.1, 0.15) is 5.82 Å². The molecule has 2 N–H and O–H groups in total. The van der Waals surface area contributed by atoms with Gasteiger partial charge in [0.05, 0.1) is 29.4 Å². The van der Waals surface area contributed by atoms with Crippen LogP contribution in [0, 0.1) is 22.9 Å². The summed E-state index contributed by atoms with van der Waals surface area (Å²) >= 11 is 1.82. The van der Waals surface area contributed by atoms with Crippen LogP contribution in [0.4, 0.5) is 14.9 Å². The number of nitrogens with one attached hydrogen (secondary N) is 2. The number of nitrogens with zero attached hydrogens (tertiary/aromatic N) is 3. The number of non-ortho nitro benzene ring substituents is 1. The first-order valence-electron chi connectivity index (χ1n) is 14.8. The lowest BCUT2D eigenvalue weighted by atomic mass is 10.0. The van der Waals surface area contributed by atoms with Crippen LogP contribution < -0.4 is 10.6 Å². The lowest BCUT2D eigenvalue weighted by molar-refractivity contribution is -0.385. The molecule has 0 aromatic heterocycles. The number of aliphatic imine (C=N–C) groups is 1.